The Balaban J connectivity index is 0.000000411. The second kappa shape index (κ2) is 22.6. The van der Waals surface area contributed by atoms with Crippen LogP contribution in [0.15, 0.2) is 108 Å². The Kier molecular flexibility index (Phi) is 18.2. The first-order chi connectivity index (χ1) is 24.2. The first kappa shape index (κ1) is 40.2. The first-order valence-electron chi connectivity index (χ1n) is 16.2. The van der Waals surface area contributed by atoms with Gasteiger partial charge in [-0.15, -0.1) is 12.8 Å². The first-order valence-corrected chi connectivity index (χ1v) is 15.7. The largest absolute Gasteiger partial charge is 0.508 e. The monoisotopic (exact) mass is 681 g/mol. The summed E-state index contributed by atoms with van der Waals surface area (Å²) in [7, 11) is 1.54. The zero-order valence-electron chi connectivity index (χ0n) is 31.1. The molecule has 0 aliphatic heterocycles. The highest BCUT2D eigenvalue weighted by Crippen LogP contribution is 2.29. The molecular weight excluding hydrogens is 632 g/mol. The van der Waals surface area contributed by atoms with E-state index in [9.17, 15) is 9.59 Å². The maximum Gasteiger partial charge on any atom is 0.343 e. The zero-order valence-corrected chi connectivity index (χ0v) is 30.1. The number of phenolic OH excluding ortho intramolecular Hbond substituents is 1. The average Bonchev–Trinajstić information content (AvgIpc) is 3.08. The van der Waals surface area contributed by atoms with Gasteiger partial charge in [0.05, 0.1) is 18.2 Å². The molecular formula is C42H48O8. The fourth-order valence-corrected chi connectivity index (χ4v) is 3.77. The van der Waals surface area contributed by atoms with Gasteiger partial charge < -0.3 is 29.2 Å². The zero-order chi connectivity index (χ0) is 38.3. The van der Waals surface area contributed by atoms with Gasteiger partial charge in [0.25, 0.3) is 0 Å². The van der Waals surface area contributed by atoms with E-state index in [1.165, 1.54) is 30.2 Å². The summed E-state index contributed by atoms with van der Waals surface area (Å²) in [6.45, 7) is 14.8. The second-order valence-corrected chi connectivity index (χ2v) is 11.4. The van der Waals surface area contributed by atoms with Crippen LogP contribution in [0.4, 0.5) is 0 Å². The molecule has 8 heteroatoms. The molecule has 0 saturated heterocycles. The van der Waals surface area contributed by atoms with Crippen LogP contribution < -0.4 is 18.9 Å². The minimum absolute atomic E-state index is 0.284. The van der Waals surface area contributed by atoms with Crippen molar-refractivity contribution in [2.24, 2.45) is 0 Å². The topological polar surface area (TPSA) is 112 Å². The number of carbonyl (C=O) groups excluding carboxylic acids is 1. The maximum absolute atomic E-state index is 12.3. The van der Waals surface area contributed by atoms with Gasteiger partial charge in [-0.1, -0.05) is 46.5 Å². The fourth-order valence-electron chi connectivity index (χ4n) is 3.77. The molecule has 0 aliphatic carbocycles. The number of rotatable bonds is 10. The molecule has 0 bridgehead atoms. The molecule has 4 rings (SSSR count). The maximum atomic E-state index is 12.3. The van der Waals surface area contributed by atoms with Crippen molar-refractivity contribution in [2.75, 3.05) is 20.3 Å². The molecule has 0 radical (unpaired) electrons. The molecule has 4 aromatic rings. The molecule has 0 aliphatic rings. The van der Waals surface area contributed by atoms with Gasteiger partial charge in [0.15, 0.2) is 11.5 Å². The van der Waals surface area contributed by atoms with Crippen molar-refractivity contribution in [3.05, 3.63) is 136 Å². The molecule has 0 saturated carbocycles. The number of benzene rings is 4. The van der Waals surface area contributed by atoms with Crippen LogP contribution in [0.25, 0.3) is 0 Å². The lowest BCUT2D eigenvalue weighted by Gasteiger charge is -2.11. The van der Waals surface area contributed by atoms with E-state index in [4.69, 9.17) is 30.5 Å². The number of aromatic carboxylic acids is 1. The number of phenols is 1. The van der Waals surface area contributed by atoms with Gasteiger partial charge in [-0.25, -0.2) is 9.59 Å². The Morgan fingerprint density at radius 2 is 1.20 bits per heavy atom. The van der Waals surface area contributed by atoms with E-state index in [0.717, 1.165) is 16.9 Å². The third kappa shape index (κ3) is 16.2. The Morgan fingerprint density at radius 1 is 0.720 bits per heavy atom. The highest BCUT2D eigenvalue weighted by Gasteiger charge is 2.13. The molecule has 264 valence electrons. The summed E-state index contributed by atoms with van der Waals surface area (Å²) < 4.78 is 27.6. The van der Waals surface area contributed by atoms with Crippen LogP contribution >= 0.6 is 0 Å². The van der Waals surface area contributed by atoms with Crippen LogP contribution in [0.5, 0.6) is 28.7 Å². The summed E-state index contributed by atoms with van der Waals surface area (Å²) in [5, 5.41) is 17.6. The molecule has 4 aromatic carbocycles. The van der Waals surface area contributed by atoms with E-state index in [0.29, 0.717) is 41.8 Å². The predicted molar refractivity (Wildman–Crippen MR) is 200 cm³/mol. The molecule has 2 N–H and O–H groups in total. The highest BCUT2D eigenvalue weighted by atomic mass is 16.5. The van der Waals surface area contributed by atoms with Crippen molar-refractivity contribution >= 4 is 11.9 Å². The van der Waals surface area contributed by atoms with Crippen LogP contribution in [0, 0.1) is 33.6 Å². The number of esters is 1. The Hall–Kier alpha value is -5.94. The van der Waals surface area contributed by atoms with Gasteiger partial charge in [-0.3, -0.25) is 0 Å². The normalized spacial score (nSPS) is 9.54. The summed E-state index contributed by atoms with van der Waals surface area (Å²) in [5.74, 6) is 1.29. The Morgan fingerprint density at radius 3 is 1.66 bits per heavy atom. The number of carboxylic acid groups (broad SMARTS) is 1. The average molecular weight is 682 g/mol. The van der Waals surface area contributed by atoms with Crippen molar-refractivity contribution in [1.29, 1.82) is 0 Å². The Labute approximate surface area is 298 Å². The number of hydrogen-bond donors (Lipinski definition) is 2. The number of hydrogen-bond acceptors (Lipinski definition) is 7. The number of carbonyl (C=O) groups is 2. The van der Waals surface area contributed by atoms with Gasteiger partial charge in [0.2, 0.25) is 0 Å². The van der Waals surface area contributed by atoms with Crippen LogP contribution in [0.3, 0.4) is 0 Å². The van der Waals surface area contributed by atoms with E-state index in [1.54, 1.807) is 60.7 Å². The van der Waals surface area contributed by atoms with Crippen LogP contribution in [0.1, 0.15) is 66.5 Å². The summed E-state index contributed by atoms with van der Waals surface area (Å²) in [4.78, 5) is 23.0. The van der Waals surface area contributed by atoms with Crippen molar-refractivity contribution in [3.8, 4) is 41.6 Å². The number of ether oxygens (including phenoxy) is 4. The summed E-state index contributed by atoms with van der Waals surface area (Å²) >= 11 is 0. The molecule has 8 nitrogen and oxygen atoms in total. The van der Waals surface area contributed by atoms with Crippen molar-refractivity contribution < 1.29 is 40.1 Å². The standard InChI is InChI=1S/C20H22O4.C13H16O3.C7H8O.C2H2/c1-14(2)11-12-23-18-10-7-16(13-19(18)22-4)20(21)24-17-8-5-15(3)6-9-17;1-9(2)6-7-16-12-5-4-11(13(14)15)8-10(12)3;1-6-2-4-7(8)5-3-6;1-2/h5-11,13H,12H2,1-4H3;4-6,8H,7H2,1-3H3,(H,14,15);2-5,8H,1H3;1-2H/i;;;1D. The second-order valence-electron chi connectivity index (χ2n) is 11.4. The van der Waals surface area contributed by atoms with Crippen LogP contribution in [0.2, 0.25) is 0 Å². The molecule has 0 aromatic heterocycles. The summed E-state index contributed by atoms with van der Waals surface area (Å²) in [6, 6.07) is 24.3. The fraction of sp³-hybridized carbons (Fsp3) is 0.238. The number of terminal acetylenes is 1. The molecule has 0 unspecified atom stereocenters. The minimum Gasteiger partial charge on any atom is -0.508 e. The third-order valence-electron chi connectivity index (χ3n) is 6.55. The lowest BCUT2D eigenvalue weighted by Crippen LogP contribution is -2.09. The lowest BCUT2D eigenvalue weighted by atomic mass is 10.1. The van der Waals surface area contributed by atoms with E-state index in [1.807, 2.05) is 84.9 Å². The highest BCUT2D eigenvalue weighted by molar-refractivity contribution is 5.92. The molecule has 0 heterocycles. The van der Waals surface area contributed by atoms with E-state index < -0.39 is 11.9 Å². The molecule has 0 fully saturated rings. The molecule has 0 amide bonds. The van der Waals surface area contributed by atoms with Crippen molar-refractivity contribution in [3.63, 3.8) is 0 Å². The van der Waals surface area contributed by atoms with Gasteiger partial charge in [0, 0.05) is 0 Å². The smallest absolute Gasteiger partial charge is 0.343 e. The lowest BCUT2D eigenvalue weighted by molar-refractivity contribution is 0.0694. The number of methoxy groups -OCH3 is 1. The van der Waals surface area contributed by atoms with Gasteiger partial charge in [-0.2, -0.15) is 0 Å². The quantitative estimate of drug-likeness (QED) is 0.0737. The van der Waals surface area contributed by atoms with E-state index >= 15 is 0 Å². The van der Waals surface area contributed by atoms with E-state index in [-0.39, 0.29) is 5.56 Å². The summed E-state index contributed by atoms with van der Waals surface area (Å²) in [6.07, 6.45) is 9.71. The Bertz CT molecular complexity index is 1750. The van der Waals surface area contributed by atoms with Crippen LogP contribution in [-0.4, -0.2) is 42.5 Å². The molecule has 50 heavy (non-hydrogen) atoms. The van der Waals surface area contributed by atoms with Crippen LogP contribution in [-0.2, 0) is 0 Å². The number of allylic oxidation sites excluding steroid dienone is 2. The van der Waals surface area contributed by atoms with Crippen molar-refractivity contribution in [1.82, 2.24) is 0 Å². The number of carboxylic acids is 1. The minimum atomic E-state index is -0.918. The SMILES string of the molecule is CC(C)=CCOc1ccc(C(=O)O)cc1C.COc1cc(C(=O)Oc2ccc(C)cc2)ccc1OCC=C(C)C.Cc1ccc(O)cc1.[2H]C#C. The third-order valence-corrected chi connectivity index (χ3v) is 6.55. The number of aryl methyl sites for hydroxylation is 3. The molecule has 0 spiro atoms. The van der Waals surface area contributed by atoms with Crippen molar-refractivity contribution in [2.45, 2.75) is 48.5 Å². The molecule has 0 atom stereocenters. The summed E-state index contributed by atoms with van der Waals surface area (Å²) in [5.41, 5.74) is 6.17. The van der Waals surface area contributed by atoms with Gasteiger partial charge in [0.1, 0.15) is 31.8 Å². The van der Waals surface area contributed by atoms with Gasteiger partial charge in [-0.05, 0) is 127 Å². The van der Waals surface area contributed by atoms with Gasteiger partial charge >= 0.3 is 11.9 Å². The predicted octanol–water partition coefficient (Wildman–Crippen LogP) is 9.56. The number of aromatic hydroxyl groups is 1. The van der Waals surface area contributed by atoms with E-state index in [2.05, 4.69) is 6.42 Å².